The van der Waals surface area contributed by atoms with E-state index in [1.807, 2.05) is 35.1 Å². The van der Waals surface area contributed by atoms with E-state index in [0.717, 1.165) is 29.2 Å². The molecule has 4 heteroatoms. The second-order valence-corrected chi connectivity index (χ2v) is 5.26. The molecule has 0 saturated heterocycles. The number of halogens is 1. The van der Waals surface area contributed by atoms with E-state index in [4.69, 9.17) is 17.3 Å². The van der Waals surface area contributed by atoms with Crippen LogP contribution in [0.1, 0.15) is 24.6 Å². The molecule has 1 unspecified atom stereocenters. The average Bonchev–Trinajstić information content (AvgIpc) is 2.83. The maximum atomic E-state index is 6.32. The van der Waals surface area contributed by atoms with Crippen molar-refractivity contribution in [1.82, 2.24) is 9.78 Å². The van der Waals surface area contributed by atoms with Gasteiger partial charge in [0.05, 0.1) is 23.1 Å². The van der Waals surface area contributed by atoms with Crippen LogP contribution in [-0.2, 0) is 12.0 Å². The first-order valence-corrected chi connectivity index (χ1v) is 6.08. The van der Waals surface area contributed by atoms with Crippen molar-refractivity contribution < 1.29 is 0 Å². The van der Waals surface area contributed by atoms with E-state index in [2.05, 4.69) is 12.0 Å². The molecular weight excluding hydrogens is 234 g/mol. The fraction of sp³-hybridized carbons (Fsp3) is 0.308. The number of rotatable bonds is 1. The highest BCUT2D eigenvalue weighted by Crippen LogP contribution is 2.35. The van der Waals surface area contributed by atoms with Gasteiger partial charge in [0.1, 0.15) is 0 Å². The maximum absolute atomic E-state index is 6.32. The first-order valence-electron chi connectivity index (χ1n) is 5.70. The molecule has 17 heavy (non-hydrogen) atoms. The van der Waals surface area contributed by atoms with Gasteiger partial charge in [0.25, 0.3) is 0 Å². The number of hydrogen-bond donors (Lipinski definition) is 1. The van der Waals surface area contributed by atoms with Crippen LogP contribution in [-0.4, -0.2) is 9.78 Å². The van der Waals surface area contributed by atoms with Crippen molar-refractivity contribution in [3.63, 3.8) is 0 Å². The van der Waals surface area contributed by atoms with Gasteiger partial charge in [0.2, 0.25) is 0 Å². The van der Waals surface area contributed by atoms with Gasteiger partial charge in [-0.15, -0.1) is 0 Å². The summed E-state index contributed by atoms with van der Waals surface area (Å²) in [5.74, 6) is 0. The van der Waals surface area contributed by atoms with Crippen molar-refractivity contribution in [3.8, 4) is 5.69 Å². The highest BCUT2D eigenvalue weighted by molar-refractivity contribution is 6.30. The van der Waals surface area contributed by atoms with Crippen LogP contribution in [0.25, 0.3) is 5.69 Å². The number of benzene rings is 1. The van der Waals surface area contributed by atoms with Gasteiger partial charge in [-0.2, -0.15) is 5.10 Å². The van der Waals surface area contributed by atoms with Crippen LogP contribution >= 0.6 is 11.6 Å². The molecule has 1 aliphatic carbocycles. The Hall–Kier alpha value is -1.32. The number of nitrogens with two attached hydrogens (primary N) is 1. The van der Waals surface area contributed by atoms with E-state index in [1.54, 1.807) is 0 Å². The number of aryl methyl sites for hydroxylation is 1. The summed E-state index contributed by atoms with van der Waals surface area (Å²) < 4.78 is 1.93. The van der Waals surface area contributed by atoms with E-state index < -0.39 is 0 Å². The van der Waals surface area contributed by atoms with Gasteiger partial charge in [-0.05, 0) is 49.6 Å². The molecule has 0 spiro atoms. The number of hydrogen-bond acceptors (Lipinski definition) is 2. The van der Waals surface area contributed by atoms with Crippen molar-refractivity contribution in [2.75, 3.05) is 0 Å². The molecule has 88 valence electrons. The summed E-state index contributed by atoms with van der Waals surface area (Å²) in [6.07, 6.45) is 3.91. The van der Waals surface area contributed by atoms with Crippen molar-refractivity contribution in [2.45, 2.75) is 25.3 Å². The molecule has 2 N–H and O–H groups in total. The highest BCUT2D eigenvalue weighted by atomic mass is 35.5. The molecule has 1 aliphatic rings. The summed E-state index contributed by atoms with van der Waals surface area (Å²) >= 11 is 5.89. The van der Waals surface area contributed by atoms with Crippen LogP contribution in [0.2, 0.25) is 5.02 Å². The number of fused-ring (bicyclic) bond motifs is 1. The molecule has 0 saturated carbocycles. The molecule has 0 aliphatic heterocycles. The topological polar surface area (TPSA) is 43.8 Å². The molecule has 0 bridgehead atoms. The Morgan fingerprint density at radius 2 is 2.06 bits per heavy atom. The number of nitrogens with zero attached hydrogens (tertiary/aromatic N) is 2. The number of aromatic nitrogens is 2. The minimum atomic E-state index is -0.286. The standard InChI is InChI=1S/C13H14ClN3/c1-13(15)7-6-9-8-16-17(12(9)13)11-4-2-10(14)3-5-11/h2-5,8H,6-7,15H2,1H3. The third kappa shape index (κ3) is 1.66. The van der Waals surface area contributed by atoms with Crippen molar-refractivity contribution in [2.24, 2.45) is 5.73 Å². The van der Waals surface area contributed by atoms with Crippen molar-refractivity contribution >= 4 is 11.6 Å². The first kappa shape index (κ1) is 10.8. The molecule has 3 rings (SSSR count). The summed E-state index contributed by atoms with van der Waals surface area (Å²) in [4.78, 5) is 0. The minimum absolute atomic E-state index is 0.286. The molecule has 0 fully saturated rings. The van der Waals surface area contributed by atoms with E-state index in [1.165, 1.54) is 5.56 Å². The highest BCUT2D eigenvalue weighted by Gasteiger charge is 2.34. The summed E-state index contributed by atoms with van der Waals surface area (Å²) in [5.41, 5.74) is 9.42. The lowest BCUT2D eigenvalue weighted by Crippen LogP contribution is -2.32. The maximum Gasteiger partial charge on any atom is 0.0670 e. The Morgan fingerprint density at radius 1 is 1.35 bits per heavy atom. The minimum Gasteiger partial charge on any atom is -0.320 e. The normalized spacial score (nSPS) is 22.8. The molecule has 1 aromatic heterocycles. The van der Waals surface area contributed by atoms with Gasteiger partial charge in [-0.3, -0.25) is 0 Å². The van der Waals surface area contributed by atoms with Crippen LogP contribution in [0.4, 0.5) is 0 Å². The Morgan fingerprint density at radius 3 is 2.76 bits per heavy atom. The summed E-state index contributed by atoms with van der Waals surface area (Å²) in [6.45, 7) is 2.06. The predicted octanol–water partition coefficient (Wildman–Crippen LogP) is 2.65. The molecule has 2 aromatic rings. The molecule has 0 radical (unpaired) electrons. The van der Waals surface area contributed by atoms with Gasteiger partial charge in [0.15, 0.2) is 0 Å². The van der Waals surface area contributed by atoms with Gasteiger partial charge in [-0.25, -0.2) is 4.68 Å². The van der Waals surface area contributed by atoms with Crippen LogP contribution < -0.4 is 5.73 Å². The largest absolute Gasteiger partial charge is 0.320 e. The molecule has 1 heterocycles. The first-order chi connectivity index (χ1) is 8.08. The van der Waals surface area contributed by atoms with Crippen molar-refractivity contribution in [3.05, 3.63) is 46.7 Å². The van der Waals surface area contributed by atoms with Crippen LogP contribution in [0.5, 0.6) is 0 Å². The van der Waals surface area contributed by atoms with Crippen LogP contribution in [0.15, 0.2) is 30.5 Å². The molecule has 1 aromatic carbocycles. The lowest BCUT2D eigenvalue weighted by Gasteiger charge is -2.20. The lowest BCUT2D eigenvalue weighted by atomic mass is 10.0. The molecule has 3 nitrogen and oxygen atoms in total. The fourth-order valence-corrected chi connectivity index (χ4v) is 2.59. The Bertz CT molecular complexity index is 555. The smallest absolute Gasteiger partial charge is 0.0670 e. The Balaban J connectivity index is 2.14. The zero-order valence-corrected chi connectivity index (χ0v) is 10.4. The SMILES string of the molecule is CC1(N)CCc2cnn(-c3ccc(Cl)cc3)c21. The van der Waals surface area contributed by atoms with Crippen LogP contribution in [0.3, 0.4) is 0 Å². The second-order valence-electron chi connectivity index (χ2n) is 4.82. The predicted molar refractivity (Wildman–Crippen MR) is 68.4 cm³/mol. The summed E-state index contributed by atoms with van der Waals surface area (Å²) in [7, 11) is 0. The molecule has 0 amide bonds. The third-order valence-corrected chi connectivity index (χ3v) is 3.62. The second kappa shape index (κ2) is 3.59. The lowest BCUT2D eigenvalue weighted by molar-refractivity contribution is 0.462. The monoisotopic (exact) mass is 247 g/mol. The third-order valence-electron chi connectivity index (χ3n) is 3.37. The Kier molecular flexibility index (Phi) is 2.28. The van der Waals surface area contributed by atoms with Gasteiger partial charge >= 0.3 is 0 Å². The molecular formula is C13H14ClN3. The summed E-state index contributed by atoms with van der Waals surface area (Å²) in [5, 5.41) is 5.16. The fourth-order valence-electron chi connectivity index (χ4n) is 2.46. The Labute approximate surface area is 105 Å². The van der Waals surface area contributed by atoms with Crippen LogP contribution in [0, 0.1) is 0 Å². The quantitative estimate of drug-likeness (QED) is 0.842. The van der Waals surface area contributed by atoms with E-state index in [0.29, 0.717) is 0 Å². The summed E-state index contributed by atoms with van der Waals surface area (Å²) in [6, 6.07) is 7.66. The average molecular weight is 248 g/mol. The molecule has 1 atom stereocenters. The van der Waals surface area contributed by atoms with Gasteiger partial charge in [-0.1, -0.05) is 11.6 Å². The van der Waals surface area contributed by atoms with E-state index in [9.17, 15) is 0 Å². The van der Waals surface area contributed by atoms with Gasteiger partial charge in [0, 0.05) is 5.02 Å². The zero-order chi connectivity index (χ0) is 12.0. The van der Waals surface area contributed by atoms with E-state index >= 15 is 0 Å². The zero-order valence-electron chi connectivity index (χ0n) is 9.65. The van der Waals surface area contributed by atoms with E-state index in [-0.39, 0.29) is 5.54 Å². The van der Waals surface area contributed by atoms with Crippen molar-refractivity contribution in [1.29, 1.82) is 0 Å². The van der Waals surface area contributed by atoms with Gasteiger partial charge < -0.3 is 5.73 Å².